The summed E-state index contributed by atoms with van der Waals surface area (Å²) in [7, 11) is 1.35. The van der Waals surface area contributed by atoms with Gasteiger partial charge in [-0.3, -0.25) is 4.79 Å². The van der Waals surface area contributed by atoms with Gasteiger partial charge in [-0.25, -0.2) is 4.79 Å². The number of esters is 1. The summed E-state index contributed by atoms with van der Waals surface area (Å²) in [5.41, 5.74) is 3.41. The van der Waals surface area contributed by atoms with Gasteiger partial charge in [0.25, 0.3) is 5.91 Å². The van der Waals surface area contributed by atoms with Gasteiger partial charge in [-0.2, -0.15) is 0 Å². The van der Waals surface area contributed by atoms with Gasteiger partial charge in [-0.05, 0) is 37.8 Å². The van der Waals surface area contributed by atoms with Crippen molar-refractivity contribution in [3.63, 3.8) is 0 Å². The molecule has 3 rings (SSSR count). The quantitative estimate of drug-likeness (QED) is 0.879. The van der Waals surface area contributed by atoms with Gasteiger partial charge in [0.15, 0.2) is 0 Å². The highest BCUT2D eigenvalue weighted by molar-refractivity contribution is 6.00. The van der Waals surface area contributed by atoms with E-state index in [2.05, 4.69) is 17.1 Å². The van der Waals surface area contributed by atoms with Gasteiger partial charge in [0, 0.05) is 12.2 Å². The second-order valence-corrected chi connectivity index (χ2v) is 6.18. The Morgan fingerprint density at radius 2 is 1.92 bits per heavy atom. The molecule has 0 unspecified atom stereocenters. The van der Waals surface area contributed by atoms with Crippen LogP contribution in [-0.2, 0) is 4.74 Å². The molecule has 1 aromatic heterocycles. The average molecular weight is 326 g/mol. The van der Waals surface area contributed by atoms with Crippen molar-refractivity contribution in [1.82, 2.24) is 9.88 Å². The van der Waals surface area contributed by atoms with E-state index < -0.39 is 5.97 Å². The van der Waals surface area contributed by atoms with Crippen LogP contribution < -0.4 is 0 Å². The van der Waals surface area contributed by atoms with E-state index in [1.165, 1.54) is 7.11 Å². The minimum Gasteiger partial charge on any atom is -0.465 e. The van der Waals surface area contributed by atoms with Crippen LogP contribution in [0.2, 0.25) is 0 Å². The van der Waals surface area contributed by atoms with E-state index in [1.54, 1.807) is 13.8 Å². The lowest BCUT2D eigenvalue weighted by Crippen LogP contribution is -2.31. The number of aryl methyl sites for hydroxylation is 1. The number of methoxy groups -OCH3 is 1. The fourth-order valence-electron chi connectivity index (χ4n) is 3.55. The lowest BCUT2D eigenvalue weighted by molar-refractivity contribution is 0.0599. The molecule has 1 aromatic carbocycles. The molecule has 1 saturated heterocycles. The Morgan fingerprint density at radius 1 is 1.21 bits per heavy atom. The first-order valence-electron chi connectivity index (χ1n) is 8.18. The molecule has 2 aromatic rings. The Bertz CT molecular complexity index is 764. The molecule has 1 aliphatic heterocycles. The van der Waals surface area contributed by atoms with E-state index in [-0.39, 0.29) is 11.9 Å². The fraction of sp³-hybridized carbons (Fsp3) is 0.368. The SMILES string of the molecule is COC(=O)c1c(C)[nH]c(C(=O)N2CCC[C@@H]2c2ccccc2)c1C. The van der Waals surface area contributed by atoms with Crippen LogP contribution in [0.1, 0.15) is 56.6 Å². The molecule has 5 heteroatoms. The van der Waals surface area contributed by atoms with Crippen molar-refractivity contribution >= 4 is 11.9 Å². The summed E-state index contributed by atoms with van der Waals surface area (Å²) in [6, 6.07) is 10.2. The van der Waals surface area contributed by atoms with Crippen molar-refractivity contribution in [2.75, 3.05) is 13.7 Å². The summed E-state index contributed by atoms with van der Waals surface area (Å²) in [5, 5.41) is 0. The van der Waals surface area contributed by atoms with E-state index in [4.69, 9.17) is 4.74 Å². The number of H-pyrrole nitrogens is 1. The molecule has 5 nitrogen and oxygen atoms in total. The number of carbonyl (C=O) groups is 2. The highest BCUT2D eigenvalue weighted by atomic mass is 16.5. The molecule has 0 radical (unpaired) electrons. The predicted octanol–water partition coefficient (Wildman–Crippen LogP) is 3.40. The molecular formula is C19H22N2O3. The zero-order chi connectivity index (χ0) is 17.3. The van der Waals surface area contributed by atoms with Gasteiger partial charge in [0.05, 0.1) is 18.7 Å². The number of hydrogen-bond acceptors (Lipinski definition) is 3. The molecule has 1 fully saturated rings. The number of nitrogens with one attached hydrogen (secondary N) is 1. The number of likely N-dealkylation sites (tertiary alicyclic amines) is 1. The maximum Gasteiger partial charge on any atom is 0.339 e. The summed E-state index contributed by atoms with van der Waals surface area (Å²) in [4.78, 5) is 30.0. The summed E-state index contributed by atoms with van der Waals surface area (Å²) in [6.07, 6.45) is 1.94. The number of amides is 1. The Labute approximate surface area is 141 Å². The zero-order valence-corrected chi connectivity index (χ0v) is 14.3. The Kier molecular flexibility index (Phi) is 4.42. The molecule has 0 aliphatic carbocycles. The summed E-state index contributed by atoms with van der Waals surface area (Å²) in [6.45, 7) is 4.30. The van der Waals surface area contributed by atoms with Crippen LogP contribution in [0.5, 0.6) is 0 Å². The smallest absolute Gasteiger partial charge is 0.339 e. The molecule has 126 valence electrons. The first-order chi connectivity index (χ1) is 11.5. The molecular weight excluding hydrogens is 304 g/mol. The van der Waals surface area contributed by atoms with Crippen LogP contribution in [0, 0.1) is 13.8 Å². The van der Waals surface area contributed by atoms with Gasteiger partial charge in [-0.15, -0.1) is 0 Å². The maximum absolute atomic E-state index is 13.1. The number of rotatable bonds is 3. The van der Waals surface area contributed by atoms with Crippen LogP contribution in [-0.4, -0.2) is 35.4 Å². The third-order valence-electron chi connectivity index (χ3n) is 4.74. The fourth-order valence-corrected chi connectivity index (χ4v) is 3.55. The van der Waals surface area contributed by atoms with Crippen LogP contribution in [0.4, 0.5) is 0 Å². The largest absolute Gasteiger partial charge is 0.465 e. The first kappa shape index (κ1) is 16.3. The predicted molar refractivity (Wildman–Crippen MR) is 91.1 cm³/mol. The Morgan fingerprint density at radius 3 is 2.58 bits per heavy atom. The van der Waals surface area contributed by atoms with Crippen molar-refractivity contribution in [3.05, 3.63) is 58.4 Å². The highest BCUT2D eigenvalue weighted by Gasteiger charge is 2.33. The number of carbonyl (C=O) groups excluding carboxylic acids is 2. The summed E-state index contributed by atoms with van der Waals surface area (Å²) in [5.74, 6) is -0.474. The third kappa shape index (κ3) is 2.70. The van der Waals surface area contributed by atoms with E-state index in [0.717, 1.165) is 24.9 Å². The second-order valence-electron chi connectivity index (χ2n) is 6.18. The molecule has 0 bridgehead atoms. The van der Waals surface area contributed by atoms with Crippen molar-refractivity contribution < 1.29 is 14.3 Å². The summed E-state index contributed by atoms with van der Waals surface area (Å²) < 4.78 is 4.82. The van der Waals surface area contributed by atoms with Crippen molar-refractivity contribution in [3.8, 4) is 0 Å². The minimum atomic E-state index is -0.415. The number of ether oxygens (including phenoxy) is 1. The molecule has 0 saturated carbocycles. The average Bonchev–Trinajstić information content (AvgIpc) is 3.19. The highest BCUT2D eigenvalue weighted by Crippen LogP contribution is 2.33. The van der Waals surface area contributed by atoms with Crippen molar-refractivity contribution in [2.45, 2.75) is 32.7 Å². The monoisotopic (exact) mass is 326 g/mol. The van der Waals surface area contributed by atoms with Gasteiger partial charge in [0.2, 0.25) is 0 Å². The first-order valence-corrected chi connectivity index (χ1v) is 8.18. The molecule has 1 atom stereocenters. The van der Waals surface area contributed by atoms with E-state index in [9.17, 15) is 9.59 Å². The van der Waals surface area contributed by atoms with E-state index in [1.807, 2.05) is 23.1 Å². The number of aromatic amines is 1. The molecule has 1 N–H and O–H groups in total. The number of hydrogen-bond donors (Lipinski definition) is 1. The second kappa shape index (κ2) is 6.51. The molecule has 24 heavy (non-hydrogen) atoms. The van der Waals surface area contributed by atoms with E-state index in [0.29, 0.717) is 22.5 Å². The molecule has 1 amide bonds. The lowest BCUT2D eigenvalue weighted by atomic mass is 10.0. The van der Waals surface area contributed by atoms with Crippen LogP contribution >= 0.6 is 0 Å². The van der Waals surface area contributed by atoms with Crippen molar-refractivity contribution in [2.24, 2.45) is 0 Å². The van der Waals surface area contributed by atoms with Gasteiger partial charge in [-0.1, -0.05) is 30.3 Å². The number of nitrogens with zero attached hydrogens (tertiary/aromatic N) is 1. The van der Waals surface area contributed by atoms with Crippen LogP contribution in [0.25, 0.3) is 0 Å². The minimum absolute atomic E-state index is 0.0582. The van der Waals surface area contributed by atoms with E-state index >= 15 is 0 Å². The summed E-state index contributed by atoms with van der Waals surface area (Å²) >= 11 is 0. The van der Waals surface area contributed by atoms with Crippen LogP contribution in [0.3, 0.4) is 0 Å². The van der Waals surface area contributed by atoms with Gasteiger partial charge in [0.1, 0.15) is 5.69 Å². The van der Waals surface area contributed by atoms with Gasteiger partial charge >= 0.3 is 5.97 Å². The Hall–Kier alpha value is -2.56. The molecule has 2 heterocycles. The lowest BCUT2D eigenvalue weighted by Gasteiger charge is -2.25. The molecule has 1 aliphatic rings. The standard InChI is InChI=1S/C19H22N2O3/c1-12-16(19(23)24-3)13(2)20-17(12)18(22)21-11-7-10-15(21)14-8-5-4-6-9-14/h4-6,8-9,15,20H,7,10-11H2,1-3H3/t15-/m1/s1. The number of benzene rings is 1. The topological polar surface area (TPSA) is 62.4 Å². The third-order valence-corrected chi connectivity index (χ3v) is 4.74. The normalized spacial score (nSPS) is 17.1. The Balaban J connectivity index is 1.93. The molecule has 0 spiro atoms. The number of aromatic nitrogens is 1. The maximum atomic E-state index is 13.1. The van der Waals surface area contributed by atoms with Crippen molar-refractivity contribution in [1.29, 1.82) is 0 Å². The van der Waals surface area contributed by atoms with Crippen LogP contribution in [0.15, 0.2) is 30.3 Å². The zero-order valence-electron chi connectivity index (χ0n) is 14.3. The van der Waals surface area contributed by atoms with Gasteiger partial charge < -0.3 is 14.6 Å².